The molecule has 0 amide bonds. The molecule has 2 fully saturated rings. The Bertz CT molecular complexity index is 479. The highest BCUT2D eigenvalue weighted by Gasteiger charge is 2.29. The second-order valence-corrected chi connectivity index (χ2v) is 6.98. The van der Waals surface area contributed by atoms with Crippen LogP contribution < -0.4 is 0 Å². The molecule has 0 aliphatic carbocycles. The van der Waals surface area contributed by atoms with Crippen LogP contribution in [-0.2, 0) is 11.3 Å². The molecule has 0 saturated carbocycles. The van der Waals surface area contributed by atoms with Crippen LogP contribution in [0.1, 0.15) is 57.8 Å². The third kappa shape index (κ3) is 4.32. The van der Waals surface area contributed by atoms with E-state index < -0.39 is 0 Å². The molecular weight excluding hydrogens is 304 g/mol. The fraction of sp³-hybridized carbons (Fsp3) is 0.941. The number of hydrogen-bond donors (Lipinski definition) is 0. The van der Waals surface area contributed by atoms with E-state index in [4.69, 9.17) is 4.74 Å². The van der Waals surface area contributed by atoms with Crippen molar-refractivity contribution in [2.45, 2.75) is 64.6 Å². The number of unbranched alkanes of at least 4 members (excludes halogenated alkanes) is 1. The predicted octanol–water partition coefficient (Wildman–Crippen LogP) is 1.72. The van der Waals surface area contributed by atoms with Crippen LogP contribution in [0.2, 0.25) is 0 Å². The molecule has 2 aliphatic rings. The summed E-state index contributed by atoms with van der Waals surface area (Å²) in [4.78, 5) is 5.10. The standard InChI is InChI=1S/C17H32N6O/c1-3-5-8-16(22-11-9-21(4-2)10-12-22)17-18-19-20-23(17)14-15-7-6-13-24-15/h15-16H,3-14H2,1-2H3/t15-,16+/m0/s1. The molecule has 2 aliphatic heterocycles. The molecule has 7 heteroatoms. The highest BCUT2D eigenvalue weighted by molar-refractivity contribution is 4.95. The highest BCUT2D eigenvalue weighted by Crippen LogP contribution is 2.26. The molecule has 0 bridgehead atoms. The monoisotopic (exact) mass is 336 g/mol. The lowest BCUT2D eigenvalue weighted by molar-refractivity contribution is 0.0770. The summed E-state index contributed by atoms with van der Waals surface area (Å²) < 4.78 is 7.78. The van der Waals surface area contributed by atoms with Gasteiger partial charge in [-0.3, -0.25) is 4.90 Å². The summed E-state index contributed by atoms with van der Waals surface area (Å²) >= 11 is 0. The zero-order valence-corrected chi connectivity index (χ0v) is 15.2. The SMILES string of the molecule is CCCC[C@H](c1nnnn1C[C@@H]1CCCO1)N1CCN(CC)CC1. The number of nitrogens with zero attached hydrogens (tertiary/aromatic N) is 6. The lowest BCUT2D eigenvalue weighted by Gasteiger charge is -2.38. The predicted molar refractivity (Wildman–Crippen MR) is 92.7 cm³/mol. The topological polar surface area (TPSA) is 59.3 Å². The van der Waals surface area contributed by atoms with E-state index >= 15 is 0 Å². The minimum Gasteiger partial charge on any atom is -0.376 e. The van der Waals surface area contributed by atoms with Gasteiger partial charge in [-0.2, -0.15) is 0 Å². The molecular formula is C17H32N6O. The second-order valence-electron chi connectivity index (χ2n) is 6.98. The number of hydrogen-bond acceptors (Lipinski definition) is 6. The summed E-state index contributed by atoms with van der Waals surface area (Å²) in [7, 11) is 0. The third-order valence-electron chi connectivity index (χ3n) is 5.38. The van der Waals surface area contributed by atoms with Gasteiger partial charge in [-0.05, 0) is 36.2 Å². The molecule has 2 saturated heterocycles. The van der Waals surface area contributed by atoms with Crippen molar-refractivity contribution < 1.29 is 4.74 Å². The smallest absolute Gasteiger partial charge is 0.168 e. The lowest BCUT2D eigenvalue weighted by atomic mass is 10.1. The van der Waals surface area contributed by atoms with E-state index in [-0.39, 0.29) is 6.10 Å². The van der Waals surface area contributed by atoms with Crippen molar-refractivity contribution in [1.82, 2.24) is 30.0 Å². The molecule has 0 radical (unpaired) electrons. The first-order chi connectivity index (χ1) is 11.8. The van der Waals surface area contributed by atoms with Crippen molar-refractivity contribution in [2.24, 2.45) is 0 Å². The largest absolute Gasteiger partial charge is 0.376 e. The van der Waals surface area contributed by atoms with E-state index in [0.717, 1.165) is 71.0 Å². The van der Waals surface area contributed by atoms with Gasteiger partial charge < -0.3 is 9.64 Å². The summed E-state index contributed by atoms with van der Waals surface area (Å²) in [6, 6.07) is 0.334. The van der Waals surface area contributed by atoms with E-state index in [1.807, 2.05) is 4.68 Å². The van der Waals surface area contributed by atoms with Crippen LogP contribution in [0, 0.1) is 0 Å². The summed E-state index contributed by atoms with van der Waals surface area (Å²) in [6.45, 7) is 11.8. The van der Waals surface area contributed by atoms with E-state index in [1.165, 1.54) is 12.8 Å². The summed E-state index contributed by atoms with van der Waals surface area (Å²) in [5, 5.41) is 12.7. The zero-order valence-electron chi connectivity index (χ0n) is 15.2. The summed E-state index contributed by atoms with van der Waals surface area (Å²) in [5.74, 6) is 1.03. The average molecular weight is 336 g/mol. The van der Waals surface area contributed by atoms with Crippen LogP contribution in [0.5, 0.6) is 0 Å². The van der Waals surface area contributed by atoms with Crippen molar-refractivity contribution in [3.63, 3.8) is 0 Å². The van der Waals surface area contributed by atoms with Crippen LogP contribution in [0.15, 0.2) is 0 Å². The van der Waals surface area contributed by atoms with Gasteiger partial charge in [-0.1, -0.05) is 26.7 Å². The molecule has 24 heavy (non-hydrogen) atoms. The Kier molecular flexibility index (Phi) is 6.57. The van der Waals surface area contributed by atoms with E-state index in [0.29, 0.717) is 6.04 Å². The van der Waals surface area contributed by atoms with Crippen molar-refractivity contribution in [3.05, 3.63) is 5.82 Å². The van der Waals surface area contributed by atoms with Crippen LogP contribution in [0.3, 0.4) is 0 Å². The lowest BCUT2D eigenvalue weighted by Crippen LogP contribution is -2.48. The van der Waals surface area contributed by atoms with Gasteiger partial charge in [0, 0.05) is 32.8 Å². The van der Waals surface area contributed by atoms with Crippen LogP contribution in [-0.4, -0.2) is 75.4 Å². The number of ether oxygens (including phenoxy) is 1. The Morgan fingerprint density at radius 2 is 2.04 bits per heavy atom. The molecule has 3 rings (SSSR count). The van der Waals surface area contributed by atoms with Gasteiger partial charge in [0.2, 0.25) is 0 Å². The van der Waals surface area contributed by atoms with E-state index in [1.54, 1.807) is 0 Å². The average Bonchev–Trinajstić information content (AvgIpc) is 3.29. The summed E-state index contributed by atoms with van der Waals surface area (Å²) in [5.41, 5.74) is 0. The number of rotatable bonds is 8. The maximum atomic E-state index is 5.78. The zero-order chi connectivity index (χ0) is 16.8. The Hall–Kier alpha value is -1.05. The van der Waals surface area contributed by atoms with Crippen molar-refractivity contribution in [3.8, 4) is 0 Å². The van der Waals surface area contributed by atoms with Crippen LogP contribution in [0.4, 0.5) is 0 Å². The fourth-order valence-electron chi connectivity index (χ4n) is 3.83. The second kappa shape index (κ2) is 8.87. The number of aromatic nitrogens is 4. The first kappa shape index (κ1) is 17.8. The van der Waals surface area contributed by atoms with Gasteiger partial charge >= 0.3 is 0 Å². The van der Waals surface area contributed by atoms with Gasteiger partial charge in [0.15, 0.2) is 5.82 Å². The van der Waals surface area contributed by atoms with Crippen molar-refractivity contribution >= 4 is 0 Å². The number of tetrazole rings is 1. The molecule has 3 heterocycles. The van der Waals surface area contributed by atoms with Crippen molar-refractivity contribution in [2.75, 3.05) is 39.3 Å². The Balaban J connectivity index is 1.70. The molecule has 0 spiro atoms. The van der Waals surface area contributed by atoms with Gasteiger partial charge in [0.05, 0.1) is 18.7 Å². The molecule has 0 N–H and O–H groups in total. The molecule has 0 aromatic carbocycles. The van der Waals surface area contributed by atoms with Gasteiger partial charge in [-0.15, -0.1) is 5.10 Å². The molecule has 7 nitrogen and oxygen atoms in total. The quantitative estimate of drug-likeness (QED) is 0.720. The molecule has 136 valence electrons. The maximum absolute atomic E-state index is 5.78. The molecule has 1 aromatic rings. The van der Waals surface area contributed by atoms with Gasteiger partial charge in [0.25, 0.3) is 0 Å². The Labute approximate surface area is 145 Å². The highest BCUT2D eigenvalue weighted by atomic mass is 16.5. The Morgan fingerprint density at radius 1 is 1.21 bits per heavy atom. The van der Waals surface area contributed by atoms with Gasteiger partial charge in [0.1, 0.15) is 0 Å². The number of likely N-dealkylation sites (N-methyl/N-ethyl adjacent to an activating group) is 1. The molecule has 0 unspecified atom stereocenters. The Morgan fingerprint density at radius 3 is 2.71 bits per heavy atom. The summed E-state index contributed by atoms with van der Waals surface area (Å²) in [6.07, 6.45) is 6.10. The van der Waals surface area contributed by atoms with Gasteiger partial charge in [-0.25, -0.2) is 4.68 Å². The fourth-order valence-corrected chi connectivity index (χ4v) is 3.83. The van der Waals surface area contributed by atoms with Crippen LogP contribution in [0.25, 0.3) is 0 Å². The first-order valence-corrected chi connectivity index (χ1v) is 9.65. The number of piperazine rings is 1. The van der Waals surface area contributed by atoms with Crippen LogP contribution >= 0.6 is 0 Å². The minimum absolute atomic E-state index is 0.274. The normalized spacial score (nSPS) is 24.5. The molecule has 1 aromatic heterocycles. The van der Waals surface area contributed by atoms with Crippen molar-refractivity contribution in [1.29, 1.82) is 0 Å². The maximum Gasteiger partial charge on any atom is 0.168 e. The van der Waals surface area contributed by atoms with E-state index in [2.05, 4.69) is 39.2 Å². The third-order valence-corrected chi connectivity index (χ3v) is 5.38. The minimum atomic E-state index is 0.274. The first-order valence-electron chi connectivity index (χ1n) is 9.65. The van der Waals surface area contributed by atoms with E-state index in [9.17, 15) is 0 Å². The molecule has 2 atom stereocenters.